The van der Waals surface area contributed by atoms with Crippen molar-refractivity contribution in [2.75, 3.05) is 4.90 Å². The lowest BCUT2D eigenvalue weighted by Crippen LogP contribution is -2.29. The van der Waals surface area contributed by atoms with E-state index in [0.29, 0.717) is 15.8 Å². The third-order valence-corrected chi connectivity index (χ3v) is 5.10. The van der Waals surface area contributed by atoms with Crippen LogP contribution in [-0.2, 0) is 6.18 Å². The number of imide groups is 1. The molecular formula is C23H11F3N2O4. The predicted octanol–water partition coefficient (Wildman–Crippen LogP) is 4.67. The van der Waals surface area contributed by atoms with Crippen molar-refractivity contribution < 1.29 is 27.2 Å². The van der Waals surface area contributed by atoms with Gasteiger partial charge in [0.1, 0.15) is 0 Å². The third-order valence-electron chi connectivity index (χ3n) is 5.10. The molecule has 158 valence electrons. The lowest BCUT2D eigenvalue weighted by molar-refractivity contribution is -0.137. The number of para-hydroxylation sites is 1. The molecular weight excluding hydrogens is 425 g/mol. The summed E-state index contributed by atoms with van der Waals surface area (Å²) in [5.41, 5.74) is -1.11. The number of carbonyl (C=O) groups is 2. The molecule has 0 saturated heterocycles. The molecule has 9 heteroatoms. The Hall–Kier alpha value is -4.27. The van der Waals surface area contributed by atoms with Crippen LogP contribution in [0, 0.1) is 0 Å². The first-order valence-corrected chi connectivity index (χ1v) is 9.34. The number of hydrogen-bond donors (Lipinski definition) is 0. The second-order valence-corrected chi connectivity index (χ2v) is 7.08. The molecule has 1 aliphatic heterocycles. The molecule has 0 atom stereocenters. The molecule has 3 aromatic carbocycles. The standard InChI is InChI=1S/C23H11F3N2O4/c24-23(25,26)13-4-3-5-14(11-13)28-20(29)15-9-8-12(10-17(15)21(28)30)19-27-18-7-2-1-6-16(18)22(31)32-19/h1-11H. The first kappa shape index (κ1) is 19.7. The van der Waals surface area contributed by atoms with Crippen LogP contribution in [0.3, 0.4) is 0 Å². The fourth-order valence-corrected chi connectivity index (χ4v) is 3.57. The minimum atomic E-state index is -4.62. The number of alkyl halides is 3. The zero-order chi connectivity index (χ0) is 22.6. The van der Waals surface area contributed by atoms with Gasteiger partial charge in [0.15, 0.2) is 0 Å². The first-order valence-electron chi connectivity index (χ1n) is 9.34. The number of halogens is 3. The SMILES string of the molecule is O=C1c2ccc(-c3nc4ccccc4c(=O)o3)cc2C(=O)N1c1cccc(C(F)(F)F)c1. The normalized spacial score (nSPS) is 13.7. The average molecular weight is 436 g/mol. The monoisotopic (exact) mass is 436 g/mol. The number of anilines is 1. The van der Waals surface area contributed by atoms with Crippen LogP contribution in [0.15, 0.2) is 75.9 Å². The number of benzene rings is 3. The van der Waals surface area contributed by atoms with Crippen molar-refractivity contribution in [3.8, 4) is 11.5 Å². The van der Waals surface area contributed by atoms with Gasteiger partial charge in [-0.15, -0.1) is 0 Å². The Morgan fingerprint density at radius 1 is 0.812 bits per heavy atom. The molecule has 0 unspecified atom stereocenters. The second-order valence-electron chi connectivity index (χ2n) is 7.08. The molecule has 6 nitrogen and oxygen atoms in total. The molecule has 1 aromatic heterocycles. The molecule has 32 heavy (non-hydrogen) atoms. The van der Waals surface area contributed by atoms with Gasteiger partial charge in [-0.2, -0.15) is 13.2 Å². The van der Waals surface area contributed by atoms with Crippen molar-refractivity contribution in [3.05, 3.63) is 93.8 Å². The van der Waals surface area contributed by atoms with Gasteiger partial charge < -0.3 is 4.42 Å². The summed E-state index contributed by atoms with van der Waals surface area (Å²) in [6.45, 7) is 0. The van der Waals surface area contributed by atoms with Crippen molar-refractivity contribution >= 4 is 28.4 Å². The summed E-state index contributed by atoms with van der Waals surface area (Å²) < 4.78 is 44.5. The molecule has 0 aliphatic carbocycles. The van der Waals surface area contributed by atoms with Crippen LogP contribution >= 0.6 is 0 Å². The van der Waals surface area contributed by atoms with E-state index in [9.17, 15) is 27.6 Å². The van der Waals surface area contributed by atoms with Gasteiger partial charge in [0, 0.05) is 5.56 Å². The van der Waals surface area contributed by atoms with Gasteiger partial charge in [-0.25, -0.2) is 14.7 Å². The van der Waals surface area contributed by atoms with E-state index in [4.69, 9.17) is 4.42 Å². The Balaban J connectivity index is 1.58. The highest BCUT2D eigenvalue weighted by molar-refractivity contribution is 6.34. The van der Waals surface area contributed by atoms with E-state index in [1.165, 1.54) is 24.3 Å². The zero-order valence-electron chi connectivity index (χ0n) is 16.0. The van der Waals surface area contributed by atoms with Crippen LogP contribution in [-0.4, -0.2) is 16.8 Å². The van der Waals surface area contributed by atoms with Gasteiger partial charge in [0.25, 0.3) is 11.8 Å². The molecule has 0 bridgehead atoms. The van der Waals surface area contributed by atoms with Crippen molar-refractivity contribution in [2.45, 2.75) is 6.18 Å². The lowest BCUT2D eigenvalue weighted by Gasteiger charge is -2.16. The molecule has 0 spiro atoms. The van der Waals surface area contributed by atoms with Crippen molar-refractivity contribution in [1.82, 2.24) is 4.98 Å². The van der Waals surface area contributed by atoms with Gasteiger partial charge in [-0.3, -0.25) is 9.59 Å². The Labute approximate surface area is 177 Å². The maximum absolute atomic E-state index is 13.1. The number of rotatable bonds is 2. The Kier molecular flexibility index (Phi) is 4.23. The highest BCUT2D eigenvalue weighted by atomic mass is 19.4. The van der Waals surface area contributed by atoms with E-state index in [2.05, 4.69) is 4.98 Å². The number of aromatic nitrogens is 1. The van der Waals surface area contributed by atoms with Crippen LogP contribution in [0.2, 0.25) is 0 Å². The smallest absolute Gasteiger partial charge is 0.403 e. The fraction of sp³-hybridized carbons (Fsp3) is 0.0435. The molecule has 0 N–H and O–H groups in total. The lowest BCUT2D eigenvalue weighted by atomic mass is 10.1. The minimum Gasteiger partial charge on any atom is -0.403 e. The summed E-state index contributed by atoms with van der Waals surface area (Å²) >= 11 is 0. The summed E-state index contributed by atoms with van der Waals surface area (Å²) in [5, 5.41) is 0.291. The van der Waals surface area contributed by atoms with E-state index in [0.717, 1.165) is 18.2 Å². The highest BCUT2D eigenvalue weighted by Gasteiger charge is 2.38. The zero-order valence-corrected chi connectivity index (χ0v) is 16.0. The van der Waals surface area contributed by atoms with Crippen LogP contribution < -0.4 is 10.5 Å². The maximum Gasteiger partial charge on any atom is 0.416 e. The largest absolute Gasteiger partial charge is 0.416 e. The fourth-order valence-electron chi connectivity index (χ4n) is 3.57. The van der Waals surface area contributed by atoms with Crippen molar-refractivity contribution in [3.63, 3.8) is 0 Å². The molecule has 0 saturated carbocycles. The predicted molar refractivity (Wildman–Crippen MR) is 108 cm³/mol. The summed E-state index contributed by atoms with van der Waals surface area (Å²) in [4.78, 5) is 42.9. The summed E-state index contributed by atoms with van der Waals surface area (Å²) in [6, 6.07) is 14.7. The van der Waals surface area contributed by atoms with E-state index >= 15 is 0 Å². The topological polar surface area (TPSA) is 80.5 Å². The van der Waals surface area contributed by atoms with Gasteiger partial charge in [0.05, 0.1) is 33.3 Å². The van der Waals surface area contributed by atoms with Crippen molar-refractivity contribution in [1.29, 1.82) is 0 Å². The number of hydrogen-bond acceptors (Lipinski definition) is 5. The van der Waals surface area contributed by atoms with Gasteiger partial charge in [0.2, 0.25) is 5.89 Å². The molecule has 1 aliphatic rings. The van der Waals surface area contributed by atoms with E-state index < -0.39 is 29.2 Å². The number of fused-ring (bicyclic) bond motifs is 2. The number of nitrogens with zero attached hydrogens (tertiary/aromatic N) is 2. The maximum atomic E-state index is 13.1. The number of carbonyl (C=O) groups excluding carboxylic acids is 2. The Bertz CT molecular complexity index is 1490. The quantitative estimate of drug-likeness (QED) is 0.427. The average Bonchev–Trinajstić information content (AvgIpc) is 3.03. The minimum absolute atomic E-state index is 0.0254. The van der Waals surface area contributed by atoms with Crippen LogP contribution in [0.4, 0.5) is 18.9 Å². The summed E-state index contributed by atoms with van der Waals surface area (Å²) in [6.07, 6.45) is -4.62. The molecule has 5 rings (SSSR count). The Morgan fingerprint density at radius 2 is 1.56 bits per heavy atom. The van der Waals surface area contributed by atoms with Gasteiger partial charge >= 0.3 is 11.8 Å². The molecule has 2 heterocycles. The molecule has 0 fully saturated rings. The van der Waals surface area contributed by atoms with Gasteiger partial charge in [-0.05, 0) is 48.5 Å². The van der Waals surface area contributed by atoms with E-state index in [1.807, 2.05) is 0 Å². The molecule has 0 radical (unpaired) electrons. The van der Waals surface area contributed by atoms with Crippen LogP contribution in [0.25, 0.3) is 22.4 Å². The number of amides is 2. The van der Waals surface area contributed by atoms with E-state index in [-0.39, 0.29) is 28.3 Å². The summed E-state index contributed by atoms with van der Waals surface area (Å²) in [5.74, 6) is -1.58. The van der Waals surface area contributed by atoms with E-state index in [1.54, 1.807) is 24.3 Å². The highest BCUT2D eigenvalue weighted by Crippen LogP contribution is 2.35. The summed E-state index contributed by atoms with van der Waals surface area (Å²) in [7, 11) is 0. The first-order chi connectivity index (χ1) is 15.2. The molecule has 2 amide bonds. The Morgan fingerprint density at radius 3 is 2.34 bits per heavy atom. The van der Waals surface area contributed by atoms with Crippen LogP contribution in [0.1, 0.15) is 26.3 Å². The second kappa shape index (κ2) is 6.88. The van der Waals surface area contributed by atoms with Crippen LogP contribution in [0.5, 0.6) is 0 Å². The van der Waals surface area contributed by atoms with Gasteiger partial charge in [-0.1, -0.05) is 18.2 Å². The molecule has 4 aromatic rings. The third kappa shape index (κ3) is 3.06. The van der Waals surface area contributed by atoms with Crippen molar-refractivity contribution in [2.24, 2.45) is 0 Å².